The molecule has 2 N–H and O–H groups in total. The molecule has 2 unspecified atom stereocenters. The number of amides is 2. The van der Waals surface area contributed by atoms with Crippen molar-refractivity contribution in [3.8, 4) is 0 Å². The first kappa shape index (κ1) is 40.4. The van der Waals surface area contributed by atoms with Crippen LogP contribution in [0.25, 0.3) is 0 Å². The zero-order chi connectivity index (χ0) is 35.3. The molecule has 0 radical (unpaired) electrons. The summed E-state index contributed by atoms with van der Waals surface area (Å²) in [6.45, 7) is 14.8. The maximum atomic E-state index is 12.3. The number of aliphatic hydroxyl groups is 1. The minimum Gasteiger partial charge on any atom is -0.480 e. The second-order valence-corrected chi connectivity index (χ2v) is 14.4. The fourth-order valence-electron chi connectivity index (χ4n) is 5.06. The van der Waals surface area contributed by atoms with E-state index in [1.165, 1.54) is 18.1 Å². The molecule has 9 nitrogen and oxygen atoms in total. The van der Waals surface area contributed by atoms with Crippen molar-refractivity contribution in [1.29, 1.82) is 0 Å². The van der Waals surface area contributed by atoms with Crippen molar-refractivity contribution in [2.45, 2.75) is 101 Å². The molecule has 4 rings (SSSR count). The lowest BCUT2D eigenvalue weighted by Gasteiger charge is -2.21. The van der Waals surface area contributed by atoms with Gasteiger partial charge in [0.25, 0.3) is 11.8 Å². The van der Waals surface area contributed by atoms with Crippen LogP contribution in [0.1, 0.15) is 111 Å². The van der Waals surface area contributed by atoms with Crippen LogP contribution in [-0.4, -0.2) is 82.2 Å². The first-order valence-corrected chi connectivity index (χ1v) is 18.1. The Morgan fingerprint density at radius 1 is 0.617 bits per heavy atom. The number of halogens is 2. The highest BCUT2D eigenvalue weighted by Gasteiger charge is 2.28. The average Bonchev–Trinajstić information content (AvgIpc) is 3.79. The summed E-state index contributed by atoms with van der Waals surface area (Å²) in [5.74, 6) is -0.599. The second-order valence-electron chi connectivity index (χ2n) is 12.5. The van der Waals surface area contributed by atoms with Gasteiger partial charge < -0.3 is 24.7 Å². The third kappa shape index (κ3) is 13.0. The van der Waals surface area contributed by atoms with Crippen LogP contribution in [0, 0.1) is 0 Å². The van der Waals surface area contributed by atoms with Crippen LogP contribution in [0.2, 0.25) is 0 Å². The summed E-state index contributed by atoms with van der Waals surface area (Å²) in [7, 11) is 0. The van der Waals surface area contributed by atoms with Crippen molar-refractivity contribution >= 4 is 55.6 Å². The molecule has 260 valence electrons. The lowest BCUT2D eigenvalue weighted by atomic mass is 10.0. The predicted molar refractivity (Wildman–Crippen MR) is 191 cm³/mol. The second kappa shape index (κ2) is 19.9. The third-order valence-electron chi connectivity index (χ3n) is 8.05. The Bertz CT molecular complexity index is 1290. The minimum atomic E-state index is -0.859. The molecular formula is C36H50Br2N2O7. The molecule has 2 aliphatic rings. The van der Waals surface area contributed by atoms with Crippen LogP contribution in [0.3, 0.4) is 0 Å². The van der Waals surface area contributed by atoms with E-state index in [1.807, 2.05) is 48.5 Å². The van der Waals surface area contributed by atoms with Gasteiger partial charge in [-0.3, -0.25) is 19.2 Å². The molecule has 0 aromatic heterocycles. The van der Waals surface area contributed by atoms with Gasteiger partial charge in [0, 0.05) is 26.2 Å². The molecule has 0 spiro atoms. The molecule has 0 aliphatic carbocycles. The number of carboxylic acids is 1. The van der Waals surface area contributed by atoms with Gasteiger partial charge in [-0.2, -0.15) is 0 Å². The molecule has 2 aliphatic heterocycles. The summed E-state index contributed by atoms with van der Waals surface area (Å²) in [6, 6.07) is 15.5. The van der Waals surface area contributed by atoms with Crippen LogP contribution >= 0.6 is 31.9 Å². The highest BCUT2D eigenvalue weighted by molar-refractivity contribution is 9.09. The average molecular weight is 783 g/mol. The number of nitrogens with zero attached hydrogens (tertiary/aromatic N) is 2. The summed E-state index contributed by atoms with van der Waals surface area (Å²) in [6.07, 6.45) is 2.65. The highest BCUT2D eigenvalue weighted by atomic mass is 79.9. The Kier molecular flexibility index (Phi) is 17.1. The Labute approximate surface area is 296 Å². The number of alkyl halides is 2. The van der Waals surface area contributed by atoms with E-state index in [-0.39, 0.29) is 11.8 Å². The van der Waals surface area contributed by atoms with Crippen LogP contribution in [0.5, 0.6) is 0 Å². The smallest absolute Gasteiger partial charge is 0.325 e. The van der Waals surface area contributed by atoms with Crippen molar-refractivity contribution in [1.82, 2.24) is 9.80 Å². The Balaban J connectivity index is 0.000000271. The number of ether oxygens (including phenoxy) is 1. The van der Waals surface area contributed by atoms with Crippen molar-refractivity contribution in [3.63, 3.8) is 0 Å². The van der Waals surface area contributed by atoms with Crippen molar-refractivity contribution < 1.29 is 34.1 Å². The van der Waals surface area contributed by atoms with Gasteiger partial charge in [0.15, 0.2) is 6.10 Å². The molecule has 0 saturated carbocycles. The lowest BCUT2D eigenvalue weighted by Crippen LogP contribution is -2.38. The van der Waals surface area contributed by atoms with Gasteiger partial charge in [-0.25, -0.2) is 0 Å². The number of carbonyl (C=O) groups excluding carboxylic acids is 3. The monoisotopic (exact) mass is 780 g/mol. The molecule has 11 heteroatoms. The highest BCUT2D eigenvalue weighted by Crippen LogP contribution is 2.27. The Morgan fingerprint density at radius 2 is 0.957 bits per heavy atom. The zero-order valence-electron chi connectivity index (χ0n) is 28.3. The van der Waals surface area contributed by atoms with Gasteiger partial charge in [-0.1, -0.05) is 108 Å². The Morgan fingerprint density at radius 3 is 1.30 bits per heavy atom. The van der Waals surface area contributed by atoms with E-state index in [0.29, 0.717) is 11.8 Å². The Hall–Kier alpha value is -2.76. The number of carboxylic acid groups (broad SMARTS) is 1. The van der Waals surface area contributed by atoms with E-state index in [0.717, 1.165) is 63.0 Å². The van der Waals surface area contributed by atoms with Crippen LogP contribution in [-0.2, 0) is 23.9 Å². The lowest BCUT2D eigenvalue weighted by molar-refractivity contribution is -0.158. The summed E-state index contributed by atoms with van der Waals surface area (Å²) in [4.78, 5) is 48.4. The van der Waals surface area contributed by atoms with Crippen LogP contribution in [0.4, 0.5) is 0 Å². The van der Waals surface area contributed by atoms with Crippen molar-refractivity contribution in [3.05, 3.63) is 70.8 Å². The molecule has 2 fully saturated rings. The van der Waals surface area contributed by atoms with E-state index in [1.54, 1.807) is 16.7 Å². The summed E-state index contributed by atoms with van der Waals surface area (Å²) < 4.78 is 5.34. The number of rotatable bonds is 9. The molecule has 0 bridgehead atoms. The van der Waals surface area contributed by atoms with Gasteiger partial charge in [-0.05, 0) is 73.6 Å². The summed E-state index contributed by atoms with van der Waals surface area (Å²) in [5.41, 5.74) is 4.06. The largest absolute Gasteiger partial charge is 0.480 e. The molecule has 2 aromatic carbocycles. The van der Waals surface area contributed by atoms with Gasteiger partial charge in [0.2, 0.25) is 0 Å². The van der Waals surface area contributed by atoms with Crippen LogP contribution in [0.15, 0.2) is 48.5 Å². The topological polar surface area (TPSA) is 124 Å². The summed E-state index contributed by atoms with van der Waals surface area (Å²) >= 11 is 6.49. The number of aliphatic carboxylic acids is 1. The first-order chi connectivity index (χ1) is 22.1. The summed E-state index contributed by atoms with van der Waals surface area (Å²) in [5, 5.41) is 17.7. The zero-order valence-corrected chi connectivity index (χ0v) is 31.5. The van der Waals surface area contributed by atoms with Crippen LogP contribution < -0.4 is 0 Å². The maximum Gasteiger partial charge on any atom is 0.325 e. The molecule has 2 saturated heterocycles. The van der Waals surface area contributed by atoms with Crippen molar-refractivity contribution in [2.24, 2.45) is 0 Å². The van der Waals surface area contributed by atoms with Gasteiger partial charge in [0.1, 0.15) is 15.8 Å². The number of esters is 1. The number of aliphatic hydroxyl groups excluding tert-OH is 1. The number of benzene rings is 2. The SMILES string of the molecule is CC(C)c1ccc(C(Br)C(=O)O)cc1.CC(C)c1ccc(C(Br)C(=O)O[C@H](C)C(=O)N2CCCC2)cc1.C[C@@H](O)C(=O)N1CCCC1. The van der Waals surface area contributed by atoms with Gasteiger partial charge >= 0.3 is 11.9 Å². The number of hydrogen-bond donors (Lipinski definition) is 2. The number of hydrogen-bond acceptors (Lipinski definition) is 6. The van der Waals surface area contributed by atoms with Gasteiger partial charge in [-0.15, -0.1) is 0 Å². The van der Waals surface area contributed by atoms with Crippen molar-refractivity contribution in [2.75, 3.05) is 26.2 Å². The quantitative estimate of drug-likeness (QED) is 0.205. The van der Waals surface area contributed by atoms with E-state index in [9.17, 15) is 19.2 Å². The molecule has 47 heavy (non-hydrogen) atoms. The van der Waals surface area contributed by atoms with E-state index in [4.69, 9.17) is 14.9 Å². The molecule has 2 amide bonds. The predicted octanol–water partition coefficient (Wildman–Crippen LogP) is 7.12. The minimum absolute atomic E-state index is 0.106. The molecule has 4 atom stereocenters. The van der Waals surface area contributed by atoms with E-state index < -0.39 is 33.8 Å². The molecule has 2 heterocycles. The molecular weight excluding hydrogens is 732 g/mol. The normalized spacial score (nSPS) is 16.7. The van der Waals surface area contributed by atoms with E-state index in [2.05, 4.69) is 59.6 Å². The maximum absolute atomic E-state index is 12.3. The van der Waals surface area contributed by atoms with E-state index >= 15 is 0 Å². The fourth-order valence-corrected chi connectivity index (χ4v) is 5.78. The fraction of sp³-hybridized carbons (Fsp3) is 0.556. The third-order valence-corrected chi connectivity index (χ3v) is 9.87. The number of carbonyl (C=O) groups is 4. The number of likely N-dealkylation sites (tertiary alicyclic amines) is 2. The van der Waals surface area contributed by atoms with Gasteiger partial charge in [0.05, 0.1) is 0 Å². The first-order valence-electron chi connectivity index (χ1n) is 16.3. The molecule has 2 aromatic rings. The standard InChI is InChI=1S/C18H24BrNO3.C11H13BrO2.C7H13NO2/c1-12(2)14-6-8-15(9-7-14)16(19)18(22)23-13(3)17(21)20-10-4-5-11-20;1-7(2)8-3-5-9(6-4-8)10(12)11(13)14;1-6(9)7(10)8-4-2-3-5-8/h6-9,12-13,16H,4-5,10-11H2,1-3H3;3-7,10H,1-2H3,(H,13,14);6,9H,2-5H2,1H3/t13-,16?;;6-/m1.1/s1.